The van der Waals surface area contributed by atoms with Gasteiger partial charge in [0.05, 0.1) is 21.4 Å². The summed E-state index contributed by atoms with van der Waals surface area (Å²) in [5.74, 6) is 0. The molecule has 3 nitrogen and oxygen atoms in total. The Kier molecular flexibility index (Phi) is 6.88. The maximum Gasteiger partial charge on any atom is 0.0856 e. The summed E-state index contributed by atoms with van der Waals surface area (Å²) in [4.78, 5) is 6.51. The van der Waals surface area contributed by atoms with Crippen LogP contribution in [-0.2, 0) is 0 Å². The molecule has 0 aliphatic carbocycles. The van der Waals surface area contributed by atoms with E-state index in [-0.39, 0.29) is 0 Å². The molecule has 3 heterocycles. The third-order valence-corrected chi connectivity index (χ3v) is 10.5. The molecule has 0 radical (unpaired) electrons. The minimum absolute atomic E-state index is 0.817. The minimum atomic E-state index is 0.817. The number of aromatic nitrogens is 1. The standard InChI is InChI=1S/C44H31N3S/c1-45-40(29-46-25-9-4-10-26-46)32-15-19-35(20-16-32)47-41-23-17-33(30-11-5-2-6-12-30)27-38(41)36-21-22-37-39-28-34(31-13-7-3-8-14-31)18-24-42(39)48-44(37)43(36)47/h2-25,27-29H,1,26H2/b40-29-. The third-order valence-electron chi connectivity index (χ3n) is 9.30. The molecule has 9 rings (SSSR count). The van der Waals surface area contributed by atoms with E-state index in [1.54, 1.807) is 0 Å². The smallest absolute Gasteiger partial charge is 0.0856 e. The molecule has 0 atom stereocenters. The van der Waals surface area contributed by atoms with Crippen LogP contribution in [0.1, 0.15) is 5.56 Å². The van der Waals surface area contributed by atoms with Crippen LogP contribution in [0.3, 0.4) is 0 Å². The van der Waals surface area contributed by atoms with Crippen molar-refractivity contribution in [2.45, 2.75) is 0 Å². The van der Waals surface area contributed by atoms with Gasteiger partial charge in [-0.05, 0) is 71.4 Å². The summed E-state index contributed by atoms with van der Waals surface area (Å²) < 4.78 is 5.04. The fourth-order valence-electron chi connectivity index (χ4n) is 6.94. The van der Waals surface area contributed by atoms with Crippen LogP contribution in [0.4, 0.5) is 0 Å². The summed E-state index contributed by atoms with van der Waals surface area (Å²) in [5, 5.41) is 5.09. The van der Waals surface area contributed by atoms with Crippen LogP contribution in [0.25, 0.3) is 75.6 Å². The Morgan fingerprint density at radius 3 is 2.02 bits per heavy atom. The molecule has 8 aromatic rings. The van der Waals surface area contributed by atoms with Crippen molar-refractivity contribution in [1.29, 1.82) is 0 Å². The van der Waals surface area contributed by atoms with Crippen molar-refractivity contribution in [1.82, 2.24) is 9.47 Å². The molecule has 0 bridgehead atoms. The molecule has 0 spiro atoms. The van der Waals surface area contributed by atoms with E-state index in [1.165, 1.54) is 64.2 Å². The zero-order valence-corrected chi connectivity index (χ0v) is 27.1. The first-order chi connectivity index (χ1) is 23.7. The van der Waals surface area contributed by atoms with Crippen LogP contribution >= 0.6 is 11.3 Å². The Hall–Kier alpha value is -5.97. The quantitative estimate of drug-likeness (QED) is 0.167. The number of fused-ring (bicyclic) bond motifs is 7. The highest BCUT2D eigenvalue weighted by molar-refractivity contribution is 7.26. The van der Waals surface area contributed by atoms with Gasteiger partial charge in [-0.25, -0.2) is 0 Å². The van der Waals surface area contributed by atoms with E-state index in [0.717, 1.165) is 23.5 Å². The molecule has 48 heavy (non-hydrogen) atoms. The van der Waals surface area contributed by atoms with E-state index < -0.39 is 0 Å². The van der Waals surface area contributed by atoms with Crippen molar-refractivity contribution in [3.8, 4) is 27.9 Å². The molecule has 1 aliphatic rings. The first-order valence-electron chi connectivity index (χ1n) is 16.2. The van der Waals surface area contributed by atoms with E-state index in [0.29, 0.717) is 0 Å². The van der Waals surface area contributed by atoms with Crippen LogP contribution in [-0.4, -0.2) is 22.7 Å². The van der Waals surface area contributed by atoms with Gasteiger partial charge >= 0.3 is 0 Å². The number of rotatable bonds is 6. The first-order valence-corrected chi connectivity index (χ1v) is 17.0. The fraction of sp³-hybridized carbons (Fsp3) is 0.0227. The number of nitrogens with zero attached hydrogens (tertiary/aromatic N) is 3. The monoisotopic (exact) mass is 633 g/mol. The first kappa shape index (κ1) is 28.3. The van der Waals surface area contributed by atoms with Crippen molar-refractivity contribution >= 4 is 65.7 Å². The van der Waals surface area contributed by atoms with Crippen LogP contribution in [0.5, 0.6) is 0 Å². The van der Waals surface area contributed by atoms with E-state index >= 15 is 0 Å². The summed E-state index contributed by atoms with van der Waals surface area (Å²) in [7, 11) is 0. The highest BCUT2D eigenvalue weighted by atomic mass is 32.1. The largest absolute Gasteiger partial charge is 0.348 e. The Balaban J connectivity index is 1.26. The van der Waals surface area contributed by atoms with Gasteiger partial charge < -0.3 is 9.47 Å². The van der Waals surface area contributed by atoms with Crippen molar-refractivity contribution in [2.24, 2.45) is 4.99 Å². The molecule has 2 aromatic heterocycles. The highest BCUT2D eigenvalue weighted by Gasteiger charge is 2.19. The average Bonchev–Trinajstić information content (AvgIpc) is 3.70. The van der Waals surface area contributed by atoms with Crippen LogP contribution in [0.2, 0.25) is 0 Å². The zero-order chi connectivity index (χ0) is 32.0. The van der Waals surface area contributed by atoms with Crippen LogP contribution in [0, 0.1) is 0 Å². The Morgan fingerprint density at radius 2 is 1.33 bits per heavy atom. The summed E-state index contributed by atoms with van der Waals surface area (Å²) >= 11 is 1.88. The van der Waals surface area contributed by atoms with Crippen molar-refractivity contribution in [2.75, 3.05) is 6.54 Å². The van der Waals surface area contributed by atoms with Gasteiger partial charge in [-0.15, -0.1) is 11.3 Å². The molecule has 228 valence electrons. The molecule has 1 aliphatic heterocycles. The Bertz CT molecular complexity index is 2580. The maximum absolute atomic E-state index is 4.38. The number of allylic oxidation sites excluding steroid dienone is 2. The van der Waals surface area contributed by atoms with Gasteiger partial charge in [0, 0.05) is 56.4 Å². The summed E-state index contributed by atoms with van der Waals surface area (Å²) in [6.07, 6.45) is 10.3. The average molecular weight is 634 g/mol. The summed E-state index contributed by atoms with van der Waals surface area (Å²) in [6.45, 7) is 4.70. The summed E-state index contributed by atoms with van der Waals surface area (Å²) in [5.41, 5.74) is 10.3. The molecule has 0 saturated carbocycles. The van der Waals surface area contributed by atoms with Crippen LogP contribution < -0.4 is 0 Å². The van der Waals surface area contributed by atoms with E-state index in [2.05, 4.69) is 179 Å². The molecular formula is C44H31N3S. The van der Waals surface area contributed by atoms with Gasteiger partial charge in [0.2, 0.25) is 0 Å². The lowest BCUT2D eigenvalue weighted by Crippen LogP contribution is -2.11. The number of benzene rings is 6. The molecule has 0 unspecified atom stereocenters. The second-order valence-corrected chi connectivity index (χ2v) is 13.2. The molecule has 6 aromatic carbocycles. The SMILES string of the molecule is C=N/C(=C\N1C=CC=CC1)c1ccc(-n2c3ccc(-c4ccccc4)cc3c3ccc4c5cc(-c6ccccc6)ccc5sc4c32)cc1. The minimum Gasteiger partial charge on any atom is -0.348 e. The number of hydrogen-bond donors (Lipinski definition) is 0. The van der Waals surface area contributed by atoms with Gasteiger partial charge in [-0.3, -0.25) is 4.99 Å². The summed E-state index contributed by atoms with van der Waals surface area (Å²) in [6, 6.07) is 48.5. The number of hydrogen-bond acceptors (Lipinski definition) is 3. The second-order valence-electron chi connectivity index (χ2n) is 12.1. The Labute approximate surface area is 283 Å². The van der Waals surface area contributed by atoms with Gasteiger partial charge in [0.15, 0.2) is 0 Å². The van der Waals surface area contributed by atoms with Gasteiger partial charge in [0.25, 0.3) is 0 Å². The lowest BCUT2D eigenvalue weighted by Gasteiger charge is -2.17. The molecule has 4 heteroatoms. The number of thiophene rings is 1. The molecule has 0 N–H and O–H groups in total. The highest BCUT2D eigenvalue weighted by Crippen LogP contribution is 2.44. The van der Waals surface area contributed by atoms with Gasteiger partial charge in [-0.2, -0.15) is 0 Å². The van der Waals surface area contributed by atoms with E-state index in [9.17, 15) is 0 Å². The van der Waals surface area contributed by atoms with Gasteiger partial charge in [-0.1, -0.05) is 109 Å². The normalized spacial score (nSPS) is 13.3. The molecular weight excluding hydrogens is 603 g/mol. The predicted octanol–water partition coefficient (Wildman–Crippen LogP) is 11.9. The van der Waals surface area contributed by atoms with Crippen molar-refractivity contribution < 1.29 is 0 Å². The fourth-order valence-corrected chi connectivity index (χ4v) is 8.16. The number of aliphatic imine (C=N–C) groups is 1. The molecule has 0 fully saturated rings. The van der Waals surface area contributed by atoms with E-state index in [1.807, 2.05) is 17.4 Å². The Morgan fingerprint density at radius 1 is 0.646 bits per heavy atom. The van der Waals surface area contributed by atoms with Gasteiger partial charge in [0.1, 0.15) is 0 Å². The second kappa shape index (κ2) is 11.7. The molecule has 0 amide bonds. The van der Waals surface area contributed by atoms with Crippen LogP contribution in [0.15, 0.2) is 169 Å². The maximum atomic E-state index is 4.38. The predicted molar refractivity (Wildman–Crippen MR) is 207 cm³/mol. The lowest BCUT2D eigenvalue weighted by molar-refractivity contribution is 0.561. The lowest BCUT2D eigenvalue weighted by atomic mass is 10.0. The zero-order valence-electron chi connectivity index (χ0n) is 26.3. The topological polar surface area (TPSA) is 20.5 Å². The molecule has 0 saturated heterocycles. The van der Waals surface area contributed by atoms with Crippen molar-refractivity contribution in [3.63, 3.8) is 0 Å². The van der Waals surface area contributed by atoms with Crippen molar-refractivity contribution in [3.05, 3.63) is 170 Å². The van der Waals surface area contributed by atoms with E-state index in [4.69, 9.17) is 0 Å². The third kappa shape index (κ3) is 4.77.